The van der Waals surface area contributed by atoms with Crippen molar-refractivity contribution in [1.29, 1.82) is 0 Å². The van der Waals surface area contributed by atoms with Crippen LogP contribution in [0, 0.1) is 11.8 Å². The lowest BCUT2D eigenvalue weighted by Crippen LogP contribution is -2.43. The summed E-state index contributed by atoms with van der Waals surface area (Å²) in [6.07, 6.45) is 10.1. The van der Waals surface area contributed by atoms with Gasteiger partial charge in [0, 0.05) is 31.3 Å². The van der Waals surface area contributed by atoms with E-state index in [0.717, 1.165) is 56.9 Å². The van der Waals surface area contributed by atoms with Crippen molar-refractivity contribution in [2.75, 3.05) is 13.1 Å². The van der Waals surface area contributed by atoms with Gasteiger partial charge in [-0.2, -0.15) is 4.98 Å². The van der Waals surface area contributed by atoms with Gasteiger partial charge in [-0.15, -0.1) is 0 Å². The van der Waals surface area contributed by atoms with E-state index in [9.17, 15) is 4.79 Å². The van der Waals surface area contributed by atoms with Gasteiger partial charge in [0.1, 0.15) is 0 Å². The zero-order chi connectivity index (χ0) is 14.9. The number of amides is 1. The van der Waals surface area contributed by atoms with Crippen LogP contribution in [0.15, 0.2) is 4.52 Å². The monoisotopic (exact) mass is 303 g/mol. The number of hydrogen-bond donors (Lipinski definition) is 0. The van der Waals surface area contributed by atoms with Crippen molar-refractivity contribution in [1.82, 2.24) is 15.0 Å². The molecule has 1 unspecified atom stereocenters. The van der Waals surface area contributed by atoms with E-state index in [2.05, 4.69) is 15.0 Å². The second-order valence-corrected chi connectivity index (χ2v) is 7.30. The second kappa shape index (κ2) is 6.01. The quantitative estimate of drug-likeness (QED) is 0.858. The Bertz CT molecular complexity index is 532. The predicted octanol–water partition coefficient (Wildman–Crippen LogP) is 2.92. The molecule has 4 rings (SSSR count). The predicted molar refractivity (Wildman–Crippen MR) is 81.2 cm³/mol. The van der Waals surface area contributed by atoms with Gasteiger partial charge in [0.25, 0.3) is 0 Å². The largest absolute Gasteiger partial charge is 0.342 e. The molecule has 2 aliphatic carbocycles. The molecule has 3 fully saturated rings. The van der Waals surface area contributed by atoms with E-state index in [1.165, 1.54) is 25.7 Å². The normalized spacial score (nSPS) is 26.5. The number of aromatic nitrogens is 2. The van der Waals surface area contributed by atoms with Crippen molar-refractivity contribution >= 4 is 5.91 Å². The maximum absolute atomic E-state index is 12.6. The number of likely N-dealkylation sites (tertiary alicyclic amines) is 1. The van der Waals surface area contributed by atoms with Crippen LogP contribution < -0.4 is 0 Å². The summed E-state index contributed by atoms with van der Waals surface area (Å²) in [4.78, 5) is 19.2. The molecule has 1 aromatic rings. The van der Waals surface area contributed by atoms with E-state index < -0.39 is 0 Å². The van der Waals surface area contributed by atoms with Gasteiger partial charge >= 0.3 is 0 Å². The molecule has 0 radical (unpaired) electrons. The van der Waals surface area contributed by atoms with Gasteiger partial charge < -0.3 is 9.42 Å². The van der Waals surface area contributed by atoms with Crippen LogP contribution in [0.4, 0.5) is 0 Å². The molecule has 3 aliphatic rings. The topological polar surface area (TPSA) is 59.2 Å². The molecule has 1 aliphatic heterocycles. The second-order valence-electron chi connectivity index (χ2n) is 7.30. The summed E-state index contributed by atoms with van der Waals surface area (Å²) in [5.74, 6) is 3.37. The summed E-state index contributed by atoms with van der Waals surface area (Å²) in [5, 5.41) is 4.09. The number of rotatable bonds is 4. The first kappa shape index (κ1) is 14.2. The molecule has 120 valence electrons. The van der Waals surface area contributed by atoms with Crippen LogP contribution in [0.3, 0.4) is 0 Å². The Morgan fingerprint density at radius 3 is 2.73 bits per heavy atom. The standard InChI is InChI=1S/C17H25N3O2/c21-17(14-5-1-2-6-14)20-9-3-4-12(11-20)10-15-18-16(19-22-15)13-7-8-13/h12-14H,1-11H2. The highest BCUT2D eigenvalue weighted by molar-refractivity contribution is 5.79. The van der Waals surface area contributed by atoms with Crippen LogP contribution in [0.1, 0.15) is 69.0 Å². The third-order valence-corrected chi connectivity index (χ3v) is 5.42. The van der Waals surface area contributed by atoms with E-state index >= 15 is 0 Å². The SMILES string of the molecule is O=C(C1CCCC1)N1CCCC(Cc2nc(C3CC3)no2)C1. The number of nitrogens with zero attached hydrogens (tertiary/aromatic N) is 3. The van der Waals surface area contributed by atoms with E-state index in [-0.39, 0.29) is 0 Å². The third-order valence-electron chi connectivity index (χ3n) is 5.42. The van der Waals surface area contributed by atoms with Crippen LogP contribution in [-0.4, -0.2) is 34.0 Å². The summed E-state index contributed by atoms with van der Waals surface area (Å²) < 4.78 is 5.40. The summed E-state index contributed by atoms with van der Waals surface area (Å²) in [6.45, 7) is 1.81. The molecular formula is C17H25N3O2. The average molecular weight is 303 g/mol. The fraction of sp³-hybridized carbons (Fsp3) is 0.824. The Morgan fingerprint density at radius 1 is 1.14 bits per heavy atom. The minimum Gasteiger partial charge on any atom is -0.342 e. The average Bonchev–Trinajstić information content (AvgIpc) is 3.05. The van der Waals surface area contributed by atoms with Crippen LogP contribution in [0.2, 0.25) is 0 Å². The Labute approximate surface area is 131 Å². The first-order valence-electron chi connectivity index (χ1n) is 8.91. The van der Waals surface area contributed by atoms with Crippen LogP contribution in [-0.2, 0) is 11.2 Å². The van der Waals surface area contributed by atoms with Crippen molar-refractivity contribution in [2.45, 2.75) is 63.7 Å². The fourth-order valence-corrected chi connectivity index (χ4v) is 3.97. The van der Waals surface area contributed by atoms with Crippen molar-refractivity contribution in [2.24, 2.45) is 11.8 Å². The van der Waals surface area contributed by atoms with Crippen molar-refractivity contribution in [3.05, 3.63) is 11.7 Å². The maximum atomic E-state index is 12.6. The van der Waals surface area contributed by atoms with Crippen molar-refractivity contribution < 1.29 is 9.32 Å². The van der Waals surface area contributed by atoms with Crippen molar-refractivity contribution in [3.8, 4) is 0 Å². The first-order valence-corrected chi connectivity index (χ1v) is 8.91. The van der Waals surface area contributed by atoms with E-state index in [0.29, 0.717) is 23.7 Å². The molecule has 0 spiro atoms. The van der Waals surface area contributed by atoms with Crippen LogP contribution in [0.5, 0.6) is 0 Å². The summed E-state index contributed by atoms with van der Waals surface area (Å²) in [7, 11) is 0. The summed E-state index contributed by atoms with van der Waals surface area (Å²) in [5.41, 5.74) is 0. The van der Waals surface area contributed by atoms with Crippen LogP contribution in [0.25, 0.3) is 0 Å². The molecule has 5 heteroatoms. The van der Waals surface area contributed by atoms with Gasteiger partial charge in [-0.1, -0.05) is 18.0 Å². The molecule has 2 saturated carbocycles. The minimum absolute atomic E-state index is 0.295. The highest BCUT2D eigenvalue weighted by atomic mass is 16.5. The Morgan fingerprint density at radius 2 is 1.95 bits per heavy atom. The smallest absolute Gasteiger partial charge is 0.226 e. The molecule has 0 bridgehead atoms. The van der Waals surface area contributed by atoms with Gasteiger partial charge in [-0.25, -0.2) is 0 Å². The highest BCUT2D eigenvalue weighted by Gasteiger charge is 2.32. The molecule has 0 aromatic carbocycles. The number of piperidine rings is 1. The summed E-state index contributed by atoms with van der Waals surface area (Å²) in [6, 6.07) is 0. The van der Waals surface area contributed by atoms with Crippen LogP contribution >= 0.6 is 0 Å². The Hall–Kier alpha value is -1.39. The van der Waals surface area contributed by atoms with E-state index in [1.807, 2.05) is 0 Å². The number of hydrogen-bond acceptors (Lipinski definition) is 4. The third kappa shape index (κ3) is 3.03. The molecule has 0 N–H and O–H groups in total. The lowest BCUT2D eigenvalue weighted by Gasteiger charge is -2.33. The molecule has 22 heavy (non-hydrogen) atoms. The van der Waals surface area contributed by atoms with Gasteiger partial charge in [0.15, 0.2) is 5.82 Å². The van der Waals surface area contributed by atoms with Gasteiger partial charge in [0.05, 0.1) is 0 Å². The molecule has 1 saturated heterocycles. The molecule has 5 nitrogen and oxygen atoms in total. The lowest BCUT2D eigenvalue weighted by molar-refractivity contribution is -0.137. The van der Waals surface area contributed by atoms with Gasteiger partial charge in [-0.3, -0.25) is 4.79 Å². The summed E-state index contributed by atoms with van der Waals surface area (Å²) >= 11 is 0. The molecule has 1 amide bonds. The lowest BCUT2D eigenvalue weighted by atomic mass is 9.93. The molecule has 1 aromatic heterocycles. The number of carbonyl (C=O) groups is 1. The van der Waals surface area contributed by atoms with E-state index in [4.69, 9.17) is 4.52 Å². The highest BCUT2D eigenvalue weighted by Crippen LogP contribution is 2.38. The van der Waals surface area contributed by atoms with Gasteiger partial charge in [0.2, 0.25) is 11.8 Å². The number of carbonyl (C=O) groups excluding carboxylic acids is 1. The maximum Gasteiger partial charge on any atom is 0.226 e. The van der Waals surface area contributed by atoms with E-state index in [1.54, 1.807) is 0 Å². The molecule has 2 heterocycles. The molecular weight excluding hydrogens is 278 g/mol. The fourth-order valence-electron chi connectivity index (χ4n) is 3.97. The Kier molecular flexibility index (Phi) is 3.89. The zero-order valence-corrected chi connectivity index (χ0v) is 13.2. The van der Waals surface area contributed by atoms with Crippen molar-refractivity contribution in [3.63, 3.8) is 0 Å². The first-order chi connectivity index (χ1) is 10.8. The van der Waals surface area contributed by atoms with Gasteiger partial charge in [-0.05, 0) is 44.4 Å². The zero-order valence-electron chi connectivity index (χ0n) is 13.2. The Balaban J connectivity index is 1.34. The molecule has 1 atom stereocenters. The minimum atomic E-state index is 0.295.